The van der Waals surface area contributed by atoms with Crippen LogP contribution >= 0.6 is 24.0 Å². The number of aromatic nitrogens is 2. The number of rotatable bonds is 6. The number of aryl methyl sites for hydroxylation is 1. The number of hydrogen-bond acceptors (Lipinski definition) is 6. The minimum absolute atomic E-state index is 0. The van der Waals surface area contributed by atoms with Crippen molar-refractivity contribution < 1.29 is 14.1 Å². The van der Waals surface area contributed by atoms with Gasteiger partial charge in [0.05, 0.1) is 0 Å². The standard InChI is InChI=1S/C20H36N6O3.HI/c1-7-25(19(27)28-20(3,4)5)14-16-9-12-26(13-10-16)18(21-6)22-11-8-17-23-15(2)24-29-17;/h16H,7-14H2,1-6H3,(H,21,22);1H. The van der Waals surface area contributed by atoms with Gasteiger partial charge in [-0.2, -0.15) is 4.98 Å². The number of guanidine groups is 1. The molecule has 0 spiro atoms. The molecule has 0 aliphatic carbocycles. The van der Waals surface area contributed by atoms with Crippen LogP contribution in [0.2, 0.25) is 0 Å². The van der Waals surface area contributed by atoms with Gasteiger partial charge in [0.1, 0.15) is 5.60 Å². The Morgan fingerprint density at radius 3 is 2.53 bits per heavy atom. The van der Waals surface area contributed by atoms with E-state index in [1.54, 1.807) is 7.05 Å². The van der Waals surface area contributed by atoms with Crippen LogP contribution in [0, 0.1) is 12.8 Å². The molecular weight excluding hydrogens is 499 g/mol. The van der Waals surface area contributed by atoms with Gasteiger partial charge in [-0.15, -0.1) is 24.0 Å². The lowest BCUT2D eigenvalue weighted by Gasteiger charge is -2.36. The number of halogens is 1. The number of amides is 1. The number of ether oxygens (including phenoxy) is 1. The van der Waals surface area contributed by atoms with Gasteiger partial charge in [0.25, 0.3) is 0 Å². The Kier molecular flexibility index (Phi) is 10.9. The van der Waals surface area contributed by atoms with Gasteiger partial charge in [0.15, 0.2) is 11.8 Å². The average Bonchev–Trinajstić information content (AvgIpc) is 3.07. The predicted octanol–water partition coefficient (Wildman–Crippen LogP) is 3.08. The Balaban J connectivity index is 0.00000450. The van der Waals surface area contributed by atoms with Crippen LogP contribution in [0.25, 0.3) is 0 Å². The summed E-state index contributed by atoms with van der Waals surface area (Å²) in [5.74, 6) is 2.64. The van der Waals surface area contributed by atoms with E-state index in [1.807, 2.05) is 39.5 Å². The van der Waals surface area contributed by atoms with E-state index >= 15 is 0 Å². The second-order valence-electron chi connectivity index (χ2n) is 8.41. The van der Waals surface area contributed by atoms with E-state index in [9.17, 15) is 4.79 Å². The van der Waals surface area contributed by atoms with E-state index in [2.05, 4.69) is 25.3 Å². The average molecular weight is 536 g/mol. The molecule has 1 aliphatic heterocycles. The maximum absolute atomic E-state index is 12.4. The van der Waals surface area contributed by atoms with Gasteiger partial charge in [-0.3, -0.25) is 4.99 Å². The monoisotopic (exact) mass is 536 g/mol. The smallest absolute Gasteiger partial charge is 0.410 e. The number of nitrogens with zero attached hydrogens (tertiary/aromatic N) is 5. The summed E-state index contributed by atoms with van der Waals surface area (Å²) in [5, 5.41) is 7.17. The largest absolute Gasteiger partial charge is 0.444 e. The van der Waals surface area contributed by atoms with Crippen molar-refractivity contribution in [1.82, 2.24) is 25.3 Å². The zero-order valence-corrected chi connectivity index (χ0v) is 21.4. The number of hydrogen-bond donors (Lipinski definition) is 1. The van der Waals surface area contributed by atoms with Crippen LogP contribution in [0.1, 0.15) is 52.3 Å². The molecule has 0 saturated carbocycles. The first kappa shape index (κ1) is 26.4. The van der Waals surface area contributed by atoms with Crippen LogP contribution in [-0.2, 0) is 11.2 Å². The third kappa shape index (κ3) is 8.65. The quantitative estimate of drug-likeness (QED) is 0.339. The van der Waals surface area contributed by atoms with Crippen molar-refractivity contribution in [1.29, 1.82) is 0 Å². The second kappa shape index (κ2) is 12.3. The fraction of sp³-hybridized carbons (Fsp3) is 0.800. The topological polar surface area (TPSA) is 96.1 Å². The first-order chi connectivity index (χ1) is 13.7. The summed E-state index contributed by atoms with van der Waals surface area (Å²) < 4.78 is 10.7. The predicted molar refractivity (Wildman–Crippen MR) is 127 cm³/mol. The summed E-state index contributed by atoms with van der Waals surface area (Å²) >= 11 is 0. The Bertz CT molecular complexity index is 680. The number of aliphatic imine (C=N–C) groups is 1. The van der Waals surface area contributed by atoms with E-state index in [0.717, 1.165) is 38.4 Å². The van der Waals surface area contributed by atoms with Crippen molar-refractivity contribution in [2.45, 2.75) is 59.5 Å². The van der Waals surface area contributed by atoms with Gasteiger partial charge in [0, 0.05) is 46.2 Å². The molecule has 172 valence electrons. The zero-order chi connectivity index (χ0) is 21.4. The maximum atomic E-state index is 12.4. The molecule has 10 heteroatoms. The molecule has 0 atom stereocenters. The van der Waals surface area contributed by atoms with Crippen molar-refractivity contribution in [3.05, 3.63) is 11.7 Å². The van der Waals surface area contributed by atoms with Gasteiger partial charge in [-0.1, -0.05) is 5.16 Å². The molecule has 2 rings (SSSR count). The molecule has 1 aromatic heterocycles. The van der Waals surface area contributed by atoms with Crippen LogP contribution < -0.4 is 5.32 Å². The first-order valence-corrected chi connectivity index (χ1v) is 10.4. The molecular formula is C20H37IN6O3. The Morgan fingerprint density at radius 2 is 2.03 bits per heavy atom. The van der Waals surface area contributed by atoms with Gasteiger partial charge >= 0.3 is 6.09 Å². The van der Waals surface area contributed by atoms with Crippen LogP contribution in [0.4, 0.5) is 4.79 Å². The summed E-state index contributed by atoms with van der Waals surface area (Å²) in [6.07, 6.45) is 2.47. The second-order valence-corrected chi connectivity index (χ2v) is 8.41. The molecule has 0 bridgehead atoms. The summed E-state index contributed by atoms with van der Waals surface area (Å²) in [4.78, 5) is 25.1. The van der Waals surface area contributed by atoms with Gasteiger partial charge in [0.2, 0.25) is 5.89 Å². The highest BCUT2D eigenvalue weighted by atomic mass is 127. The lowest BCUT2D eigenvalue weighted by molar-refractivity contribution is 0.0214. The molecule has 1 aliphatic rings. The summed E-state index contributed by atoms with van der Waals surface area (Å²) in [7, 11) is 1.80. The normalized spacial score (nSPS) is 15.5. The van der Waals surface area contributed by atoms with E-state index < -0.39 is 5.60 Å². The molecule has 0 unspecified atom stereocenters. The maximum Gasteiger partial charge on any atom is 0.410 e. The van der Waals surface area contributed by atoms with Crippen LogP contribution in [0.15, 0.2) is 9.52 Å². The van der Waals surface area contributed by atoms with Crippen molar-refractivity contribution in [2.24, 2.45) is 10.9 Å². The number of nitrogens with one attached hydrogen (secondary N) is 1. The fourth-order valence-electron chi connectivity index (χ4n) is 3.35. The van der Waals surface area contributed by atoms with E-state index in [1.165, 1.54) is 0 Å². The van der Waals surface area contributed by atoms with Crippen molar-refractivity contribution in [3.8, 4) is 0 Å². The summed E-state index contributed by atoms with van der Waals surface area (Å²) in [5.41, 5.74) is -0.466. The zero-order valence-electron chi connectivity index (χ0n) is 19.1. The highest BCUT2D eigenvalue weighted by molar-refractivity contribution is 14.0. The Morgan fingerprint density at radius 1 is 1.37 bits per heavy atom. The van der Waals surface area contributed by atoms with E-state index in [-0.39, 0.29) is 30.1 Å². The highest BCUT2D eigenvalue weighted by Gasteiger charge is 2.27. The third-order valence-electron chi connectivity index (χ3n) is 4.83. The van der Waals surface area contributed by atoms with E-state index in [0.29, 0.717) is 37.1 Å². The molecule has 30 heavy (non-hydrogen) atoms. The van der Waals surface area contributed by atoms with Crippen LogP contribution in [0.5, 0.6) is 0 Å². The number of likely N-dealkylation sites (tertiary alicyclic amines) is 1. The third-order valence-corrected chi connectivity index (χ3v) is 4.83. The molecule has 1 saturated heterocycles. The van der Waals surface area contributed by atoms with Crippen molar-refractivity contribution in [2.75, 3.05) is 39.8 Å². The lowest BCUT2D eigenvalue weighted by Crippen LogP contribution is -2.48. The minimum Gasteiger partial charge on any atom is -0.444 e. The minimum atomic E-state index is -0.466. The van der Waals surface area contributed by atoms with Gasteiger partial charge in [-0.05, 0) is 53.4 Å². The summed E-state index contributed by atoms with van der Waals surface area (Å²) in [6, 6.07) is 0. The molecule has 0 radical (unpaired) electrons. The molecule has 1 amide bonds. The van der Waals surface area contributed by atoms with Gasteiger partial charge < -0.3 is 24.4 Å². The van der Waals surface area contributed by atoms with Gasteiger partial charge in [-0.25, -0.2) is 4.79 Å². The molecule has 1 aromatic rings. The van der Waals surface area contributed by atoms with Crippen LogP contribution in [0.3, 0.4) is 0 Å². The lowest BCUT2D eigenvalue weighted by atomic mass is 9.96. The fourth-order valence-corrected chi connectivity index (χ4v) is 3.35. The SMILES string of the molecule is CCN(CC1CCN(C(=NC)NCCc2nc(C)no2)CC1)C(=O)OC(C)(C)C.I. The van der Waals surface area contributed by atoms with E-state index in [4.69, 9.17) is 9.26 Å². The van der Waals surface area contributed by atoms with Crippen molar-refractivity contribution >= 4 is 36.0 Å². The molecule has 2 heterocycles. The Hall–Kier alpha value is -1.59. The number of piperidine rings is 1. The number of carbonyl (C=O) groups excluding carboxylic acids is 1. The first-order valence-electron chi connectivity index (χ1n) is 10.4. The molecule has 1 N–H and O–H groups in total. The molecule has 1 fully saturated rings. The van der Waals surface area contributed by atoms with Crippen LogP contribution in [-0.4, -0.2) is 77.4 Å². The summed E-state index contributed by atoms with van der Waals surface area (Å²) in [6.45, 7) is 13.4. The molecule has 0 aromatic carbocycles. The molecule has 9 nitrogen and oxygen atoms in total. The number of carbonyl (C=O) groups is 1. The Labute approximate surface area is 197 Å². The highest BCUT2D eigenvalue weighted by Crippen LogP contribution is 2.20. The van der Waals surface area contributed by atoms with Crippen molar-refractivity contribution in [3.63, 3.8) is 0 Å².